The lowest BCUT2D eigenvalue weighted by Gasteiger charge is -2.08. The third kappa shape index (κ3) is 5.11. The summed E-state index contributed by atoms with van der Waals surface area (Å²) in [6.07, 6.45) is 0. The molecule has 0 spiro atoms. The van der Waals surface area contributed by atoms with Crippen LogP contribution in [0.25, 0.3) is 0 Å². The number of nitro groups is 1. The predicted octanol–water partition coefficient (Wildman–Crippen LogP) is 2.60. The normalized spacial score (nSPS) is 10.0. The first kappa shape index (κ1) is 19.6. The molecule has 0 aliphatic rings. The van der Waals surface area contributed by atoms with Crippen LogP contribution < -0.4 is 10.1 Å². The maximum atomic E-state index is 12.2. The number of ketones is 1. The summed E-state index contributed by atoms with van der Waals surface area (Å²) >= 11 is 0. The molecule has 140 valence electrons. The lowest BCUT2D eigenvalue weighted by Crippen LogP contribution is -2.13. The first-order chi connectivity index (χ1) is 12.8. The van der Waals surface area contributed by atoms with E-state index in [0.717, 1.165) is 13.2 Å². The zero-order valence-electron chi connectivity index (χ0n) is 14.6. The highest BCUT2D eigenvalue weighted by Crippen LogP contribution is 2.28. The van der Waals surface area contributed by atoms with E-state index in [2.05, 4.69) is 10.1 Å². The number of esters is 1. The zero-order chi connectivity index (χ0) is 20.0. The topological polar surface area (TPSA) is 125 Å². The van der Waals surface area contributed by atoms with Crippen LogP contribution in [0.4, 0.5) is 11.4 Å². The molecule has 27 heavy (non-hydrogen) atoms. The van der Waals surface area contributed by atoms with Crippen LogP contribution in [-0.2, 0) is 9.53 Å². The molecule has 0 fully saturated rings. The Labute approximate surface area is 154 Å². The van der Waals surface area contributed by atoms with Gasteiger partial charge in [-0.05, 0) is 36.4 Å². The molecule has 0 atom stereocenters. The van der Waals surface area contributed by atoms with E-state index in [0.29, 0.717) is 11.3 Å². The highest BCUT2D eigenvalue weighted by atomic mass is 16.6. The lowest BCUT2D eigenvalue weighted by molar-refractivity contribution is -0.385. The van der Waals surface area contributed by atoms with Gasteiger partial charge in [-0.25, -0.2) is 4.79 Å². The molecule has 0 aromatic heterocycles. The van der Waals surface area contributed by atoms with Gasteiger partial charge in [-0.15, -0.1) is 0 Å². The van der Waals surface area contributed by atoms with Gasteiger partial charge in [0, 0.05) is 24.2 Å². The van der Waals surface area contributed by atoms with Crippen molar-refractivity contribution >= 4 is 29.0 Å². The SMILES string of the molecule is COC(=O)c1ccc(OCC(=O)c2ccc(NC(C)=O)cc2)c([N+](=O)[O-])c1. The number of hydrogen-bond donors (Lipinski definition) is 1. The van der Waals surface area contributed by atoms with E-state index in [1.165, 1.54) is 31.2 Å². The van der Waals surface area contributed by atoms with Crippen LogP contribution >= 0.6 is 0 Å². The maximum Gasteiger partial charge on any atom is 0.338 e. The van der Waals surface area contributed by atoms with Crippen molar-refractivity contribution < 1.29 is 28.8 Å². The molecule has 1 N–H and O–H groups in total. The third-order valence-electron chi connectivity index (χ3n) is 3.46. The molecule has 0 aliphatic carbocycles. The summed E-state index contributed by atoms with van der Waals surface area (Å²) in [6.45, 7) is 0.934. The number of nitrogens with one attached hydrogen (secondary N) is 1. The van der Waals surface area contributed by atoms with E-state index in [4.69, 9.17) is 4.74 Å². The van der Waals surface area contributed by atoms with Gasteiger partial charge in [0.15, 0.2) is 18.1 Å². The van der Waals surface area contributed by atoms with Crippen LogP contribution in [0.15, 0.2) is 42.5 Å². The molecule has 9 nitrogen and oxygen atoms in total. The summed E-state index contributed by atoms with van der Waals surface area (Å²) in [5.74, 6) is -1.51. The highest BCUT2D eigenvalue weighted by Gasteiger charge is 2.20. The van der Waals surface area contributed by atoms with Gasteiger partial charge >= 0.3 is 11.7 Å². The first-order valence-corrected chi connectivity index (χ1v) is 7.72. The molecular weight excluding hydrogens is 356 g/mol. The van der Waals surface area contributed by atoms with E-state index < -0.39 is 29.0 Å². The molecule has 0 saturated carbocycles. The van der Waals surface area contributed by atoms with Crippen LogP contribution in [0.2, 0.25) is 0 Å². The van der Waals surface area contributed by atoms with Crippen molar-refractivity contribution in [3.8, 4) is 5.75 Å². The Morgan fingerprint density at radius 1 is 1.07 bits per heavy atom. The predicted molar refractivity (Wildman–Crippen MR) is 95.0 cm³/mol. The van der Waals surface area contributed by atoms with Crippen molar-refractivity contribution in [2.75, 3.05) is 19.0 Å². The van der Waals surface area contributed by atoms with E-state index in [1.807, 2.05) is 0 Å². The highest BCUT2D eigenvalue weighted by molar-refractivity contribution is 5.98. The number of ether oxygens (including phenoxy) is 2. The van der Waals surface area contributed by atoms with Gasteiger partial charge in [0.05, 0.1) is 17.6 Å². The molecule has 0 heterocycles. The molecule has 9 heteroatoms. The van der Waals surface area contributed by atoms with Gasteiger partial charge < -0.3 is 14.8 Å². The molecule has 0 saturated heterocycles. The summed E-state index contributed by atoms with van der Waals surface area (Å²) in [7, 11) is 1.16. The molecular formula is C18H16N2O7. The molecule has 0 bridgehead atoms. The van der Waals surface area contributed by atoms with Crippen LogP contribution in [0.3, 0.4) is 0 Å². The minimum Gasteiger partial charge on any atom is -0.478 e. The van der Waals surface area contributed by atoms with Crippen LogP contribution in [0.5, 0.6) is 5.75 Å². The third-order valence-corrected chi connectivity index (χ3v) is 3.46. The van der Waals surface area contributed by atoms with E-state index in [-0.39, 0.29) is 17.2 Å². The second kappa shape index (κ2) is 8.56. The smallest absolute Gasteiger partial charge is 0.338 e. The summed E-state index contributed by atoms with van der Waals surface area (Å²) < 4.78 is 9.78. The van der Waals surface area contributed by atoms with Crippen molar-refractivity contribution in [2.24, 2.45) is 0 Å². The Balaban J connectivity index is 2.11. The Morgan fingerprint density at radius 2 is 1.70 bits per heavy atom. The number of rotatable bonds is 7. The lowest BCUT2D eigenvalue weighted by atomic mass is 10.1. The number of nitro benzene ring substituents is 1. The van der Waals surface area contributed by atoms with Crippen molar-refractivity contribution in [2.45, 2.75) is 6.92 Å². The Hall–Kier alpha value is -3.75. The number of carbonyl (C=O) groups excluding carboxylic acids is 3. The number of Topliss-reactive ketones (excluding diaryl/α,β-unsaturated/α-hetero) is 1. The standard InChI is InChI=1S/C18H16N2O7/c1-11(21)19-14-6-3-12(4-7-14)16(22)10-27-17-8-5-13(18(23)26-2)9-15(17)20(24)25/h3-9H,10H2,1-2H3,(H,19,21). The van der Waals surface area contributed by atoms with Crippen molar-refractivity contribution in [3.63, 3.8) is 0 Å². The van der Waals surface area contributed by atoms with Gasteiger partial charge in [0.2, 0.25) is 5.91 Å². The van der Waals surface area contributed by atoms with Gasteiger partial charge in [-0.3, -0.25) is 19.7 Å². The Morgan fingerprint density at radius 3 is 2.26 bits per heavy atom. The number of anilines is 1. The molecule has 0 radical (unpaired) electrons. The number of benzene rings is 2. The minimum atomic E-state index is -0.722. The molecule has 2 aromatic carbocycles. The molecule has 1 amide bonds. The van der Waals surface area contributed by atoms with E-state index in [9.17, 15) is 24.5 Å². The summed E-state index contributed by atoms with van der Waals surface area (Å²) in [5.41, 5.74) is 0.398. The fourth-order valence-corrected chi connectivity index (χ4v) is 2.20. The molecule has 2 rings (SSSR count). The number of hydrogen-bond acceptors (Lipinski definition) is 7. The van der Waals surface area contributed by atoms with Gasteiger partial charge in [-0.1, -0.05) is 0 Å². The quantitative estimate of drug-likeness (QED) is 0.343. The molecule has 2 aromatic rings. The zero-order valence-corrected chi connectivity index (χ0v) is 14.6. The molecule has 0 aliphatic heterocycles. The number of methoxy groups -OCH3 is 1. The van der Waals surface area contributed by atoms with Crippen LogP contribution in [0, 0.1) is 10.1 Å². The Bertz CT molecular complexity index is 891. The summed E-state index contributed by atoms with van der Waals surface area (Å²) in [4.78, 5) is 45.1. The van der Waals surface area contributed by atoms with Crippen LogP contribution in [-0.4, -0.2) is 36.3 Å². The van der Waals surface area contributed by atoms with Crippen molar-refractivity contribution in [3.05, 3.63) is 63.7 Å². The summed E-state index contributed by atoms with van der Waals surface area (Å²) in [5, 5.41) is 13.8. The monoisotopic (exact) mass is 372 g/mol. The van der Waals surface area contributed by atoms with E-state index in [1.54, 1.807) is 12.1 Å². The number of nitrogens with zero attached hydrogens (tertiary/aromatic N) is 1. The average molecular weight is 372 g/mol. The maximum absolute atomic E-state index is 12.2. The van der Waals surface area contributed by atoms with Crippen molar-refractivity contribution in [1.29, 1.82) is 0 Å². The first-order valence-electron chi connectivity index (χ1n) is 7.72. The van der Waals surface area contributed by atoms with Crippen molar-refractivity contribution in [1.82, 2.24) is 0 Å². The fourth-order valence-electron chi connectivity index (χ4n) is 2.20. The van der Waals surface area contributed by atoms with Crippen LogP contribution in [0.1, 0.15) is 27.6 Å². The number of carbonyl (C=O) groups is 3. The average Bonchev–Trinajstić information content (AvgIpc) is 2.65. The molecule has 0 unspecified atom stereocenters. The Kier molecular flexibility index (Phi) is 6.21. The summed E-state index contributed by atoms with van der Waals surface area (Å²) in [6, 6.07) is 9.69. The second-order valence-corrected chi connectivity index (χ2v) is 5.40. The van der Waals surface area contributed by atoms with Gasteiger partial charge in [0.25, 0.3) is 0 Å². The largest absolute Gasteiger partial charge is 0.478 e. The fraction of sp³-hybridized carbons (Fsp3) is 0.167. The van der Waals surface area contributed by atoms with Gasteiger partial charge in [0.1, 0.15) is 0 Å². The van der Waals surface area contributed by atoms with E-state index >= 15 is 0 Å². The second-order valence-electron chi connectivity index (χ2n) is 5.40. The number of amides is 1. The minimum absolute atomic E-state index is 0.00330. The van der Waals surface area contributed by atoms with Gasteiger partial charge in [-0.2, -0.15) is 0 Å².